The molecule has 4 fully saturated rings. The summed E-state index contributed by atoms with van der Waals surface area (Å²) in [7, 11) is 0. The van der Waals surface area contributed by atoms with Crippen LogP contribution in [0, 0.1) is 10.8 Å². The van der Waals surface area contributed by atoms with E-state index in [4.69, 9.17) is 0 Å². The number of carbonyl (C=O) groups excluding carboxylic acids is 3. The number of hydrogen-bond donors (Lipinski definition) is 3. The van der Waals surface area contributed by atoms with Crippen molar-refractivity contribution in [2.24, 2.45) is 10.8 Å². The van der Waals surface area contributed by atoms with Crippen molar-refractivity contribution in [3.8, 4) is 11.1 Å². The summed E-state index contributed by atoms with van der Waals surface area (Å²) in [5.74, 6) is 0.0637. The molecule has 7 rings (SSSR count). The van der Waals surface area contributed by atoms with E-state index in [-0.39, 0.29) is 17.4 Å². The zero-order valence-corrected chi connectivity index (χ0v) is 30.5. The fraction of sp³-hybridized carbons (Fsp3) is 0.512. The molecule has 3 N–H and O–H groups in total. The molecule has 3 aromatic rings. The Morgan fingerprint density at radius 1 is 0.796 bits per heavy atom. The Morgan fingerprint density at radius 2 is 1.39 bits per heavy atom. The highest BCUT2D eigenvalue weighted by Gasteiger charge is 2.46. The molecule has 4 aliphatic carbocycles. The van der Waals surface area contributed by atoms with Crippen LogP contribution in [0.2, 0.25) is 0 Å². The molecular formula is C43H59N3O3. The van der Waals surface area contributed by atoms with Gasteiger partial charge in [-0.1, -0.05) is 120 Å². The predicted molar refractivity (Wildman–Crippen MR) is 201 cm³/mol. The van der Waals surface area contributed by atoms with Crippen LogP contribution in [0.5, 0.6) is 0 Å². The minimum absolute atomic E-state index is 0.0637. The molecule has 2 bridgehead atoms. The van der Waals surface area contributed by atoms with Gasteiger partial charge in [-0.25, -0.2) is 0 Å². The third kappa shape index (κ3) is 11.0. The molecule has 0 unspecified atom stereocenters. The van der Waals surface area contributed by atoms with Gasteiger partial charge in [0.25, 0.3) is 5.91 Å². The number of amides is 3. The summed E-state index contributed by atoms with van der Waals surface area (Å²) in [5.41, 5.74) is 6.36. The van der Waals surface area contributed by atoms with E-state index in [0.29, 0.717) is 16.9 Å². The Labute approximate surface area is 295 Å². The molecule has 4 saturated carbocycles. The van der Waals surface area contributed by atoms with Crippen LogP contribution >= 0.6 is 0 Å². The third-order valence-corrected chi connectivity index (χ3v) is 11.2. The highest BCUT2D eigenvalue weighted by atomic mass is 16.1. The summed E-state index contributed by atoms with van der Waals surface area (Å²) in [5, 5.41) is 8.79. The lowest BCUT2D eigenvalue weighted by atomic mass is 9.54. The average Bonchev–Trinajstić information content (AvgIpc) is 3.13. The standard InChI is InChI=1S/C27H35NO.C9H11NO.C7H13NO/c1-25(2,3)21-11-9-20(10-12-21)22-7-5-6-8-23(22)24(29)28-19-27-16-13-26(4,14-17-27)15-18-27;1-8(10-7-11)9-5-3-2-4-6-9;9-6-8-7-4-2-1-3-5-7/h5-12H,13-19H2,1-4H3,(H,28,29);2-8H,1H3,(H,10,11);6-7H,1-5H2,(H,8,9)/t;8-;/m.1./s1. The van der Waals surface area contributed by atoms with Crippen LogP contribution in [-0.4, -0.2) is 31.3 Å². The molecule has 0 aliphatic heterocycles. The van der Waals surface area contributed by atoms with Crippen LogP contribution in [0.4, 0.5) is 0 Å². The van der Waals surface area contributed by atoms with Crippen molar-refractivity contribution in [2.75, 3.05) is 6.54 Å². The zero-order chi connectivity index (χ0) is 35.3. The Morgan fingerprint density at radius 3 is 1.96 bits per heavy atom. The van der Waals surface area contributed by atoms with Crippen molar-refractivity contribution in [1.82, 2.24) is 16.0 Å². The second-order valence-electron chi connectivity index (χ2n) is 15.9. The molecule has 0 saturated heterocycles. The predicted octanol–water partition coefficient (Wildman–Crippen LogP) is 9.30. The number of carbonyl (C=O) groups is 3. The molecule has 49 heavy (non-hydrogen) atoms. The molecular weight excluding hydrogens is 606 g/mol. The van der Waals surface area contributed by atoms with Crippen molar-refractivity contribution < 1.29 is 14.4 Å². The van der Waals surface area contributed by atoms with Crippen molar-refractivity contribution in [3.63, 3.8) is 0 Å². The lowest BCUT2D eigenvalue weighted by molar-refractivity contribution is -0.111. The van der Waals surface area contributed by atoms with Crippen molar-refractivity contribution >= 4 is 18.7 Å². The van der Waals surface area contributed by atoms with E-state index in [1.165, 1.54) is 76.2 Å². The highest BCUT2D eigenvalue weighted by molar-refractivity contribution is 6.00. The SMILES string of the molecule is CC12CCC(CNC(=O)c3ccccc3-c3ccc(C(C)(C)C)cc3)(CC1)CC2.C[C@@H](NC=O)c1ccccc1.O=CNC1CCCCC1. The molecule has 0 spiro atoms. The Hall–Kier alpha value is -3.93. The molecule has 3 amide bonds. The minimum Gasteiger partial charge on any atom is -0.356 e. The molecule has 1 atom stereocenters. The van der Waals surface area contributed by atoms with E-state index in [9.17, 15) is 14.4 Å². The van der Waals surface area contributed by atoms with Gasteiger partial charge in [-0.2, -0.15) is 0 Å². The maximum Gasteiger partial charge on any atom is 0.251 e. The highest BCUT2D eigenvalue weighted by Crippen LogP contribution is 2.56. The van der Waals surface area contributed by atoms with Crippen LogP contribution in [0.15, 0.2) is 78.9 Å². The minimum atomic E-state index is 0.0637. The molecule has 6 nitrogen and oxygen atoms in total. The van der Waals surface area contributed by atoms with Gasteiger partial charge in [0.2, 0.25) is 12.8 Å². The fourth-order valence-electron chi connectivity index (χ4n) is 7.47. The van der Waals surface area contributed by atoms with Crippen molar-refractivity contribution in [1.29, 1.82) is 0 Å². The lowest BCUT2D eigenvalue weighted by Gasteiger charge is -2.52. The van der Waals surface area contributed by atoms with Crippen molar-refractivity contribution in [2.45, 2.75) is 123 Å². The maximum absolute atomic E-state index is 13.1. The van der Waals surface area contributed by atoms with Gasteiger partial charge in [-0.05, 0) is 103 Å². The van der Waals surface area contributed by atoms with Gasteiger partial charge in [0, 0.05) is 18.2 Å². The van der Waals surface area contributed by atoms with Crippen LogP contribution in [0.3, 0.4) is 0 Å². The van der Waals surface area contributed by atoms with E-state index < -0.39 is 0 Å². The fourth-order valence-corrected chi connectivity index (χ4v) is 7.47. The Kier molecular flexibility index (Phi) is 13.6. The van der Waals surface area contributed by atoms with Crippen LogP contribution in [-0.2, 0) is 15.0 Å². The average molecular weight is 666 g/mol. The molecule has 6 heteroatoms. The van der Waals surface area contributed by atoms with Gasteiger partial charge in [0.15, 0.2) is 0 Å². The quantitative estimate of drug-likeness (QED) is 0.199. The largest absolute Gasteiger partial charge is 0.356 e. The van der Waals surface area contributed by atoms with Gasteiger partial charge in [0.1, 0.15) is 0 Å². The Bertz CT molecular complexity index is 1450. The summed E-state index contributed by atoms with van der Waals surface area (Å²) in [6.45, 7) is 11.9. The van der Waals surface area contributed by atoms with Crippen LogP contribution < -0.4 is 16.0 Å². The van der Waals surface area contributed by atoms with Crippen LogP contribution in [0.1, 0.15) is 133 Å². The van der Waals surface area contributed by atoms with E-state index in [0.717, 1.165) is 41.6 Å². The summed E-state index contributed by atoms with van der Waals surface area (Å²) in [6, 6.07) is 27.1. The van der Waals surface area contributed by atoms with E-state index >= 15 is 0 Å². The smallest absolute Gasteiger partial charge is 0.251 e. The number of rotatable bonds is 9. The monoisotopic (exact) mass is 665 g/mol. The molecule has 0 heterocycles. The summed E-state index contributed by atoms with van der Waals surface area (Å²) in [6.07, 6.45) is 15.6. The second kappa shape index (κ2) is 17.6. The molecule has 0 radical (unpaired) electrons. The summed E-state index contributed by atoms with van der Waals surface area (Å²) >= 11 is 0. The zero-order valence-electron chi connectivity index (χ0n) is 30.5. The van der Waals surface area contributed by atoms with Gasteiger partial charge < -0.3 is 16.0 Å². The number of nitrogens with one attached hydrogen (secondary N) is 3. The first-order valence-electron chi connectivity index (χ1n) is 18.4. The first kappa shape index (κ1) is 37.9. The van der Waals surface area contributed by atoms with Gasteiger partial charge in [0.05, 0.1) is 6.04 Å². The number of benzene rings is 3. The molecule has 3 aromatic carbocycles. The summed E-state index contributed by atoms with van der Waals surface area (Å²) in [4.78, 5) is 33.2. The second-order valence-corrected chi connectivity index (χ2v) is 15.9. The normalized spacial score (nSPS) is 22.2. The van der Waals surface area contributed by atoms with E-state index in [2.05, 4.69) is 74.0 Å². The van der Waals surface area contributed by atoms with Gasteiger partial charge in [-0.3, -0.25) is 14.4 Å². The lowest BCUT2D eigenvalue weighted by Crippen LogP contribution is -2.46. The first-order chi connectivity index (χ1) is 23.5. The maximum atomic E-state index is 13.1. The van der Waals surface area contributed by atoms with Crippen molar-refractivity contribution in [3.05, 3.63) is 95.6 Å². The van der Waals surface area contributed by atoms with E-state index in [1.807, 2.05) is 55.5 Å². The molecule has 0 aromatic heterocycles. The summed E-state index contributed by atoms with van der Waals surface area (Å²) < 4.78 is 0. The number of fused-ring (bicyclic) bond motifs is 3. The number of hydrogen-bond acceptors (Lipinski definition) is 3. The van der Waals surface area contributed by atoms with E-state index in [1.54, 1.807) is 0 Å². The molecule has 264 valence electrons. The Balaban J connectivity index is 0.000000220. The molecule has 4 aliphatic rings. The van der Waals surface area contributed by atoms with Gasteiger partial charge >= 0.3 is 0 Å². The topological polar surface area (TPSA) is 87.3 Å². The van der Waals surface area contributed by atoms with Gasteiger partial charge in [-0.15, -0.1) is 0 Å². The third-order valence-electron chi connectivity index (χ3n) is 11.2. The first-order valence-corrected chi connectivity index (χ1v) is 18.4. The van der Waals surface area contributed by atoms with Crippen LogP contribution in [0.25, 0.3) is 11.1 Å².